The van der Waals surface area contributed by atoms with E-state index in [2.05, 4.69) is 22.4 Å². The Labute approximate surface area is 230 Å². The lowest BCUT2D eigenvalue weighted by atomic mass is 9.88. The van der Waals surface area contributed by atoms with Gasteiger partial charge in [0, 0.05) is 11.9 Å². The van der Waals surface area contributed by atoms with Gasteiger partial charge in [0.05, 0.1) is 22.9 Å². The van der Waals surface area contributed by atoms with Crippen LogP contribution in [0.3, 0.4) is 0 Å². The van der Waals surface area contributed by atoms with Gasteiger partial charge in [-0.15, -0.1) is 21.5 Å². The third-order valence-corrected chi connectivity index (χ3v) is 8.70. The summed E-state index contributed by atoms with van der Waals surface area (Å²) in [5, 5.41) is 13.1. The normalized spacial score (nSPS) is 15.7. The Morgan fingerprint density at radius 3 is 2.89 bits per heavy atom. The Balaban J connectivity index is 1.42. The zero-order valence-corrected chi connectivity index (χ0v) is 24.0. The number of carbonyl (C=O) groups is 2. The number of ether oxygens (including phenoxy) is 2. The number of carbonyl (C=O) groups excluding carboxylic acids is 2. The first-order valence-electron chi connectivity index (χ1n) is 12.2. The molecular formula is C26H31ClN4O4S2. The van der Waals surface area contributed by atoms with Crippen molar-refractivity contribution in [2.24, 2.45) is 13.0 Å². The molecule has 1 aliphatic carbocycles. The van der Waals surface area contributed by atoms with E-state index in [9.17, 15) is 9.59 Å². The first kappa shape index (κ1) is 27.5. The van der Waals surface area contributed by atoms with E-state index in [0.29, 0.717) is 38.2 Å². The van der Waals surface area contributed by atoms with Gasteiger partial charge in [-0.3, -0.25) is 4.79 Å². The molecule has 0 saturated heterocycles. The van der Waals surface area contributed by atoms with Crippen LogP contribution in [0, 0.1) is 12.8 Å². The summed E-state index contributed by atoms with van der Waals surface area (Å²) in [7, 11) is 1.83. The molecule has 0 fully saturated rings. The summed E-state index contributed by atoms with van der Waals surface area (Å²) in [6.45, 7) is 8.12. The van der Waals surface area contributed by atoms with Crippen molar-refractivity contribution in [3.05, 3.63) is 50.6 Å². The lowest BCUT2D eigenvalue weighted by Gasteiger charge is -2.18. The summed E-state index contributed by atoms with van der Waals surface area (Å²) in [6.07, 6.45) is 2.35. The molecule has 1 aromatic carbocycles. The Hall–Kier alpha value is -2.56. The monoisotopic (exact) mass is 562 g/mol. The van der Waals surface area contributed by atoms with Crippen LogP contribution in [-0.4, -0.2) is 39.0 Å². The average Bonchev–Trinajstić information content (AvgIpc) is 3.39. The second-order valence-corrected chi connectivity index (χ2v) is 11.7. The summed E-state index contributed by atoms with van der Waals surface area (Å²) in [5.74, 6) is 1.27. The number of fused-ring (bicyclic) bond motifs is 1. The largest absolute Gasteiger partial charge is 0.481 e. The summed E-state index contributed by atoms with van der Waals surface area (Å²) >= 11 is 9.02. The van der Waals surface area contributed by atoms with Gasteiger partial charge in [-0.2, -0.15) is 0 Å². The Bertz CT molecular complexity index is 1310. The number of aromatic nitrogens is 3. The Kier molecular flexibility index (Phi) is 8.82. The molecule has 0 radical (unpaired) electrons. The fourth-order valence-electron chi connectivity index (χ4n) is 4.30. The van der Waals surface area contributed by atoms with E-state index in [4.69, 9.17) is 21.1 Å². The molecule has 2 heterocycles. The van der Waals surface area contributed by atoms with Crippen LogP contribution in [0.2, 0.25) is 5.02 Å². The molecule has 0 aliphatic heterocycles. The van der Waals surface area contributed by atoms with Gasteiger partial charge in [0.15, 0.2) is 17.1 Å². The second-order valence-electron chi connectivity index (χ2n) is 9.21. The van der Waals surface area contributed by atoms with Crippen LogP contribution in [0.1, 0.15) is 65.5 Å². The van der Waals surface area contributed by atoms with Crippen molar-refractivity contribution < 1.29 is 19.1 Å². The molecule has 0 spiro atoms. The molecule has 8 nitrogen and oxygen atoms in total. The van der Waals surface area contributed by atoms with Gasteiger partial charge < -0.3 is 19.4 Å². The van der Waals surface area contributed by atoms with Crippen molar-refractivity contribution >= 4 is 51.6 Å². The van der Waals surface area contributed by atoms with Crippen LogP contribution < -0.4 is 10.1 Å². The molecule has 11 heteroatoms. The number of esters is 1. The van der Waals surface area contributed by atoms with Crippen molar-refractivity contribution in [3.8, 4) is 5.75 Å². The van der Waals surface area contributed by atoms with Gasteiger partial charge in [0.2, 0.25) is 5.91 Å². The highest BCUT2D eigenvalue weighted by Gasteiger charge is 2.29. The summed E-state index contributed by atoms with van der Waals surface area (Å²) < 4.78 is 13.1. The number of thiophene rings is 1. The third kappa shape index (κ3) is 6.30. The third-order valence-electron chi connectivity index (χ3n) is 6.20. The van der Waals surface area contributed by atoms with Gasteiger partial charge >= 0.3 is 5.97 Å². The van der Waals surface area contributed by atoms with Crippen molar-refractivity contribution in [1.82, 2.24) is 14.8 Å². The van der Waals surface area contributed by atoms with Crippen molar-refractivity contribution in [3.63, 3.8) is 0 Å². The number of nitrogens with zero attached hydrogens (tertiary/aromatic N) is 3. The fourth-order valence-corrected chi connectivity index (χ4v) is 6.60. The standard InChI is InChI=1S/C26H31ClN4O4S2/c1-6-34-25(33)22-17-9-7-15(3)12-20(17)37-24(22)28-21(32)13-36-26-30-29-23(31(26)5)16(4)35-19-11-14(2)8-10-18(19)27/h8,10-11,15-16H,6-7,9,12-13H2,1-5H3,(H,28,32). The Morgan fingerprint density at radius 1 is 1.35 bits per heavy atom. The van der Waals surface area contributed by atoms with E-state index in [1.54, 1.807) is 13.0 Å². The van der Waals surface area contributed by atoms with E-state index < -0.39 is 6.10 Å². The molecular weight excluding hydrogens is 532 g/mol. The quantitative estimate of drug-likeness (QED) is 0.252. The molecule has 2 atom stereocenters. The van der Waals surface area contributed by atoms with Gasteiger partial charge in [0.25, 0.3) is 0 Å². The Morgan fingerprint density at radius 2 is 2.14 bits per heavy atom. The average molecular weight is 563 g/mol. The molecule has 1 aliphatic rings. The molecule has 37 heavy (non-hydrogen) atoms. The number of hydrogen-bond donors (Lipinski definition) is 1. The smallest absolute Gasteiger partial charge is 0.341 e. The SMILES string of the molecule is CCOC(=O)c1c(NC(=O)CSc2nnc(C(C)Oc3cc(C)ccc3Cl)n2C)sc2c1CCC(C)C2. The minimum Gasteiger partial charge on any atom is -0.481 e. The first-order chi connectivity index (χ1) is 17.7. The zero-order valence-electron chi connectivity index (χ0n) is 21.6. The molecule has 2 aromatic heterocycles. The van der Waals surface area contributed by atoms with Gasteiger partial charge in [-0.05, 0) is 69.2 Å². The number of aryl methyl sites for hydroxylation is 1. The van der Waals surface area contributed by atoms with Crippen LogP contribution in [0.5, 0.6) is 5.75 Å². The number of nitrogens with one attached hydrogen (secondary N) is 1. The molecule has 2 unspecified atom stereocenters. The maximum atomic E-state index is 12.9. The predicted molar refractivity (Wildman–Crippen MR) is 147 cm³/mol. The van der Waals surface area contributed by atoms with Crippen LogP contribution in [0.15, 0.2) is 23.4 Å². The van der Waals surface area contributed by atoms with Crippen molar-refractivity contribution in [2.45, 2.75) is 58.2 Å². The van der Waals surface area contributed by atoms with E-state index in [1.807, 2.05) is 37.6 Å². The van der Waals surface area contributed by atoms with Gasteiger partial charge in [-0.1, -0.05) is 36.4 Å². The van der Waals surface area contributed by atoms with Crippen molar-refractivity contribution in [2.75, 3.05) is 17.7 Å². The minimum absolute atomic E-state index is 0.117. The lowest BCUT2D eigenvalue weighted by Crippen LogP contribution is -2.18. The minimum atomic E-state index is -0.396. The van der Waals surface area contributed by atoms with Crippen molar-refractivity contribution in [1.29, 1.82) is 0 Å². The van der Waals surface area contributed by atoms with Crippen LogP contribution in [0.25, 0.3) is 0 Å². The van der Waals surface area contributed by atoms with Gasteiger partial charge in [0.1, 0.15) is 10.8 Å². The van der Waals surface area contributed by atoms with E-state index in [0.717, 1.165) is 35.3 Å². The summed E-state index contributed by atoms with van der Waals surface area (Å²) in [6, 6.07) is 5.60. The number of anilines is 1. The predicted octanol–water partition coefficient (Wildman–Crippen LogP) is 6.01. The van der Waals surface area contributed by atoms with Crippen LogP contribution in [-0.2, 0) is 29.4 Å². The number of hydrogen-bond acceptors (Lipinski definition) is 8. The van der Waals surface area contributed by atoms with E-state index in [-0.39, 0.29) is 24.2 Å². The number of rotatable bonds is 9. The number of benzene rings is 1. The molecule has 1 N–H and O–H groups in total. The van der Waals surface area contributed by atoms with Gasteiger partial charge in [-0.25, -0.2) is 4.79 Å². The number of halogens is 1. The summed E-state index contributed by atoms with van der Waals surface area (Å²) in [5.41, 5.74) is 2.57. The van der Waals surface area contributed by atoms with Crippen LogP contribution >= 0.6 is 34.7 Å². The highest BCUT2D eigenvalue weighted by Crippen LogP contribution is 2.40. The first-order valence-corrected chi connectivity index (χ1v) is 14.4. The van der Waals surface area contributed by atoms with E-state index >= 15 is 0 Å². The topological polar surface area (TPSA) is 95.3 Å². The second kappa shape index (κ2) is 11.9. The summed E-state index contributed by atoms with van der Waals surface area (Å²) in [4.78, 5) is 26.8. The zero-order chi connectivity index (χ0) is 26.7. The van der Waals surface area contributed by atoms with E-state index in [1.165, 1.54) is 23.1 Å². The highest BCUT2D eigenvalue weighted by atomic mass is 35.5. The lowest BCUT2D eigenvalue weighted by molar-refractivity contribution is -0.113. The molecule has 198 valence electrons. The maximum Gasteiger partial charge on any atom is 0.341 e. The fraction of sp³-hybridized carbons (Fsp3) is 0.462. The molecule has 3 aromatic rings. The highest BCUT2D eigenvalue weighted by molar-refractivity contribution is 7.99. The van der Waals surface area contributed by atoms with Crippen LogP contribution in [0.4, 0.5) is 5.00 Å². The molecule has 4 rings (SSSR count). The molecule has 0 saturated carbocycles. The molecule has 0 bridgehead atoms. The number of amides is 1. The maximum absolute atomic E-state index is 12.9. The number of thioether (sulfide) groups is 1. The molecule has 1 amide bonds.